The highest BCUT2D eigenvalue weighted by molar-refractivity contribution is 7.99. The number of likely N-dealkylation sites (tertiary alicyclic amines) is 1. The average molecular weight is 537 g/mol. The van der Waals surface area contributed by atoms with Crippen molar-refractivity contribution < 1.29 is 9.53 Å². The Morgan fingerprint density at radius 2 is 1.86 bits per heavy atom. The Balaban J connectivity index is 1.30. The Bertz CT molecular complexity index is 1350. The normalized spacial score (nSPS) is 13.7. The maximum atomic E-state index is 13.2. The van der Waals surface area contributed by atoms with E-state index in [-0.39, 0.29) is 5.91 Å². The van der Waals surface area contributed by atoms with Crippen LogP contribution in [0.15, 0.2) is 75.0 Å². The fraction of sp³-hybridized carbons (Fsp3) is 0.320. The van der Waals surface area contributed by atoms with Crippen LogP contribution in [0.25, 0.3) is 0 Å². The second kappa shape index (κ2) is 11.8. The van der Waals surface area contributed by atoms with Gasteiger partial charge in [-0.3, -0.25) is 14.4 Å². The number of aryl methyl sites for hydroxylation is 2. The van der Waals surface area contributed by atoms with Gasteiger partial charge in [0.05, 0.1) is 0 Å². The molecule has 0 bridgehead atoms. The van der Waals surface area contributed by atoms with E-state index in [1.54, 1.807) is 34.9 Å². The van der Waals surface area contributed by atoms with Gasteiger partial charge < -0.3 is 14.6 Å². The minimum atomic E-state index is -0.330. The molecule has 10 nitrogen and oxygen atoms in total. The van der Waals surface area contributed by atoms with Gasteiger partial charge in [0.25, 0.3) is 5.91 Å². The number of nitrogens with zero attached hydrogens (tertiary/aromatic N) is 7. The van der Waals surface area contributed by atoms with Gasteiger partial charge >= 0.3 is 0 Å². The van der Waals surface area contributed by atoms with Crippen LogP contribution in [0, 0.1) is 0 Å². The summed E-state index contributed by atoms with van der Waals surface area (Å²) in [6, 6.07) is 13.5. The molecule has 0 aliphatic carbocycles. The van der Waals surface area contributed by atoms with E-state index in [1.807, 2.05) is 43.4 Å². The van der Waals surface area contributed by atoms with E-state index >= 15 is 0 Å². The topological polar surface area (TPSA) is 103 Å². The van der Waals surface area contributed by atoms with E-state index in [2.05, 4.69) is 30.5 Å². The van der Waals surface area contributed by atoms with Gasteiger partial charge in [-0.25, -0.2) is 4.98 Å². The van der Waals surface area contributed by atoms with Gasteiger partial charge in [0.1, 0.15) is 29.4 Å². The monoisotopic (exact) mass is 536 g/mol. The number of anilines is 1. The Kier molecular flexibility index (Phi) is 8.07. The largest absolute Gasteiger partial charge is 0.492 e. The highest BCUT2D eigenvalue weighted by Gasteiger charge is 2.18. The summed E-state index contributed by atoms with van der Waals surface area (Å²) in [4.78, 5) is 22.1. The third-order valence-corrected chi connectivity index (χ3v) is 7.84. The summed E-state index contributed by atoms with van der Waals surface area (Å²) in [6.07, 6.45) is 5.96. The van der Waals surface area contributed by atoms with E-state index in [0.717, 1.165) is 22.1 Å². The Labute approximate surface area is 223 Å². The standard InChI is InChI=1S/C25H28N8O2S2/c1-31-17-26-29-25(31)37-22-10-9-20(23(28-22)24(34)27-21-11-14-32(2)30-21)36-19-7-5-18(6-8-19)35-16-15-33-12-3-4-13-33/h5-11,14,17H,3-4,12-13,15-16H2,1-2H3,(H,27,30,34). The fourth-order valence-corrected chi connectivity index (χ4v) is 5.51. The maximum absolute atomic E-state index is 13.2. The molecule has 4 heterocycles. The summed E-state index contributed by atoms with van der Waals surface area (Å²) >= 11 is 2.82. The summed E-state index contributed by atoms with van der Waals surface area (Å²) in [5.41, 5.74) is 0.314. The van der Waals surface area contributed by atoms with Crippen molar-refractivity contribution in [3.05, 3.63) is 60.7 Å². The van der Waals surface area contributed by atoms with E-state index in [9.17, 15) is 4.79 Å². The van der Waals surface area contributed by atoms with E-state index in [4.69, 9.17) is 4.74 Å². The molecule has 37 heavy (non-hydrogen) atoms. The van der Waals surface area contributed by atoms with Crippen molar-refractivity contribution in [1.82, 2.24) is 34.4 Å². The van der Waals surface area contributed by atoms with Gasteiger partial charge in [0.2, 0.25) is 0 Å². The number of carbonyl (C=O) groups is 1. The molecule has 0 unspecified atom stereocenters. The second-order valence-corrected chi connectivity index (χ2v) is 10.7. The highest BCUT2D eigenvalue weighted by atomic mass is 32.2. The minimum Gasteiger partial charge on any atom is -0.492 e. The molecule has 0 spiro atoms. The number of hydrogen-bond acceptors (Lipinski definition) is 9. The Hall–Kier alpha value is -3.35. The van der Waals surface area contributed by atoms with Gasteiger partial charge in [0.15, 0.2) is 11.0 Å². The average Bonchev–Trinajstić information content (AvgIpc) is 3.65. The molecule has 1 fully saturated rings. The minimum absolute atomic E-state index is 0.314. The molecule has 0 radical (unpaired) electrons. The molecular weight excluding hydrogens is 508 g/mol. The van der Waals surface area contributed by atoms with E-state index in [1.165, 1.54) is 49.5 Å². The number of pyridine rings is 1. The van der Waals surface area contributed by atoms with Crippen LogP contribution in [0.2, 0.25) is 0 Å². The molecule has 1 aliphatic rings. The van der Waals surface area contributed by atoms with Crippen LogP contribution < -0.4 is 10.1 Å². The first-order valence-electron chi connectivity index (χ1n) is 12.0. The zero-order valence-corrected chi connectivity index (χ0v) is 22.3. The van der Waals surface area contributed by atoms with Crippen molar-refractivity contribution in [3.63, 3.8) is 0 Å². The summed E-state index contributed by atoms with van der Waals surface area (Å²) in [7, 11) is 3.66. The molecule has 1 N–H and O–H groups in total. The van der Waals surface area contributed by atoms with Crippen LogP contribution >= 0.6 is 23.5 Å². The molecule has 5 rings (SSSR count). The number of ether oxygens (including phenoxy) is 1. The first-order valence-corrected chi connectivity index (χ1v) is 13.6. The predicted octanol–water partition coefficient (Wildman–Crippen LogP) is 3.97. The predicted molar refractivity (Wildman–Crippen MR) is 142 cm³/mol. The molecule has 1 aliphatic heterocycles. The summed E-state index contributed by atoms with van der Waals surface area (Å²) in [5.74, 6) is 0.973. The Morgan fingerprint density at radius 3 is 2.57 bits per heavy atom. The third kappa shape index (κ3) is 6.70. The number of aromatic nitrogens is 6. The molecule has 0 saturated carbocycles. The lowest BCUT2D eigenvalue weighted by atomic mass is 10.3. The lowest BCUT2D eigenvalue weighted by Crippen LogP contribution is -2.25. The van der Waals surface area contributed by atoms with Crippen molar-refractivity contribution in [2.75, 3.05) is 31.6 Å². The van der Waals surface area contributed by atoms with Gasteiger partial charge in [0, 0.05) is 42.7 Å². The lowest BCUT2D eigenvalue weighted by Gasteiger charge is -2.15. The zero-order valence-electron chi connectivity index (χ0n) is 20.7. The summed E-state index contributed by atoms with van der Waals surface area (Å²) < 4.78 is 9.36. The van der Waals surface area contributed by atoms with E-state index < -0.39 is 0 Å². The van der Waals surface area contributed by atoms with Gasteiger partial charge in [-0.1, -0.05) is 11.8 Å². The van der Waals surface area contributed by atoms with Crippen LogP contribution in [0.5, 0.6) is 5.75 Å². The number of nitrogens with one attached hydrogen (secondary N) is 1. The number of benzene rings is 1. The number of rotatable bonds is 10. The van der Waals surface area contributed by atoms with Crippen molar-refractivity contribution in [2.24, 2.45) is 14.1 Å². The molecule has 4 aromatic rings. The molecule has 12 heteroatoms. The molecule has 1 saturated heterocycles. The molecule has 1 amide bonds. The van der Waals surface area contributed by atoms with Crippen molar-refractivity contribution in [1.29, 1.82) is 0 Å². The molecule has 3 aromatic heterocycles. The first kappa shape index (κ1) is 25.3. The van der Waals surface area contributed by atoms with Crippen molar-refractivity contribution in [2.45, 2.75) is 32.8 Å². The number of hydrogen-bond donors (Lipinski definition) is 1. The first-order chi connectivity index (χ1) is 18.0. The smallest absolute Gasteiger partial charge is 0.276 e. The van der Waals surface area contributed by atoms with Gasteiger partial charge in [-0.2, -0.15) is 5.10 Å². The van der Waals surface area contributed by atoms with Crippen molar-refractivity contribution in [3.8, 4) is 5.75 Å². The Morgan fingerprint density at radius 1 is 1.05 bits per heavy atom. The van der Waals surface area contributed by atoms with Crippen LogP contribution in [0.3, 0.4) is 0 Å². The number of carbonyl (C=O) groups excluding carboxylic acids is 1. The fourth-order valence-electron chi connectivity index (χ4n) is 3.88. The zero-order chi connectivity index (χ0) is 25.6. The van der Waals surface area contributed by atoms with Crippen LogP contribution in [-0.4, -0.2) is 66.6 Å². The quantitative estimate of drug-likeness (QED) is 0.322. The second-order valence-electron chi connectivity index (χ2n) is 8.62. The summed E-state index contributed by atoms with van der Waals surface area (Å²) in [5, 5.41) is 16.4. The molecule has 0 atom stereocenters. The van der Waals surface area contributed by atoms with Crippen LogP contribution in [0.4, 0.5) is 5.82 Å². The molecular formula is C25H28N8O2S2. The summed E-state index contributed by atoms with van der Waals surface area (Å²) in [6.45, 7) is 3.97. The van der Waals surface area contributed by atoms with Crippen LogP contribution in [0.1, 0.15) is 23.3 Å². The SMILES string of the molecule is Cn1ccc(NC(=O)c2nc(Sc3nncn3C)ccc2Sc2ccc(OCCN3CCCC3)cc2)n1. The highest BCUT2D eigenvalue weighted by Crippen LogP contribution is 2.34. The maximum Gasteiger partial charge on any atom is 0.276 e. The van der Waals surface area contributed by atoms with Gasteiger partial charge in [-0.15, -0.1) is 10.2 Å². The third-order valence-electron chi connectivity index (χ3n) is 5.80. The lowest BCUT2D eigenvalue weighted by molar-refractivity contribution is 0.101. The van der Waals surface area contributed by atoms with Crippen molar-refractivity contribution >= 4 is 35.2 Å². The van der Waals surface area contributed by atoms with Crippen LogP contribution in [-0.2, 0) is 14.1 Å². The number of amides is 1. The van der Waals surface area contributed by atoms with E-state index in [0.29, 0.717) is 28.3 Å². The molecule has 192 valence electrons. The van der Waals surface area contributed by atoms with Gasteiger partial charge in [-0.05, 0) is 74.1 Å². The molecule has 1 aromatic carbocycles.